The molecule has 1 aromatic carbocycles. The van der Waals surface area contributed by atoms with E-state index in [9.17, 15) is 0 Å². The zero-order chi connectivity index (χ0) is 18.2. The van der Waals surface area contributed by atoms with E-state index in [2.05, 4.69) is 64.6 Å². The predicted molar refractivity (Wildman–Crippen MR) is 120 cm³/mol. The highest BCUT2D eigenvalue weighted by atomic mass is 127. The van der Waals surface area contributed by atoms with Crippen molar-refractivity contribution in [2.45, 2.75) is 19.4 Å². The van der Waals surface area contributed by atoms with Crippen LogP contribution in [-0.4, -0.2) is 82.8 Å². The van der Waals surface area contributed by atoms with Gasteiger partial charge in [0.1, 0.15) is 5.75 Å². The fourth-order valence-corrected chi connectivity index (χ4v) is 3.10. The van der Waals surface area contributed by atoms with Gasteiger partial charge in [-0.25, -0.2) is 0 Å². The van der Waals surface area contributed by atoms with Crippen molar-refractivity contribution in [3.05, 3.63) is 29.3 Å². The van der Waals surface area contributed by atoms with Gasteiger partial charge in [-0.3, -0.25) is 9.89 Å². The van der Waals surface area contributed by atoms with Gasteiger partial charge in [0.25, 0.3) is 0 Å². The minimum absolute atomic E-state index is 0. The van der Waals surface area contributed by atoms with Crippen LogP contribution in [0.5, 0.6) is 5.75 Å². The maximum Gasteiger partial charge on any atom is 0.191 e. The van der Waals surface area contributed by atoms with Crippen LogP contribution in [0.2, 0.25) is 0 Å². The van der Waals surface area contributed by atoms with E-state index >= 15 is 0 Å². The molecule has 1 aliphatic heterocycles. The molecule has 1 saturated heterocycles. The first-order chi connectivity index (χ1) is 12.0. The second-order valence-corrected chi connectivity index (χ2v) is 6.83. The van der Waals surface area contributed by atoms with E-state index in [0.29, 0.717) is 6.04 Å². The summed E-state index contributed by atoms with van der Waals surface area (Å²) in [6.07, 6.45) is 0.934. The van der Waals surface area contributed by atoms with Crippen LogP contribution >= 0.6 is 24.0 Å². The Morgan fingerprint density at radius 3 is 2.73 bits per heavy atom. The van der Waals surface area contributed by atoms with E-state index < -0.39 is 0 Å². The monoisotopic (exact) mass is 475 g/mol. The maximum atomic E-state index is 5.39. The van der Waals surface area contributed by atoms with Crippen molar-refractivity contribution in [3.8, 4) is 5.75 Å². The molecule has 1 unspecified atom stereocenters. The molecule has 1 heterocycles. The lowest BCUT2D eigenvalue weighted by molar-refractivity contribution is 0.116. The number of rotatable bonds is 6. The first-order valence-corrected chi connectivity index (χ1v) is 9.00. The van der Waals surface area contributed by atoms with E-state index in [-0.39, 0.29) is 24.0 Å². The molecule has 0 spiro atoms. The number of aliphatic imine (C=N–C) groups is 1. The summed E-state index contributed by atoms with van der Waals surface area (Å²) in [5.74, 6) is 1.81. The Kier molecular flexibility index (Phi) is 10.3. The highest BCUT2D eigenvalue weighted by Gasteiger charge is 2.21. The Hall–Kier alpha value is -1.06. The van der Waals surface area contributed by atoms with Gasteiger partial charge in [0, 0.05) is 45.8 Å². The number of nitrogens with one attached hydrogen (secondary N) is 2. The number of halogens is 1. The minimum Gasteiger partial charge on any atom is -0.496 e. The van der Waals surface area contributed by atoms with Gasteiger partial charge in [-0.1, -0.05) is 12.1 Å². The van der Waals surface area contributed by atoms with Crippen LogP contribution in [-0.2, 0) is 6.42 Å². The molecule has 0 saturated carbocycles. The third-order valence-corrected chi connectivity index (χ3v) is 4.89. The lowest BCUT2D eigenvalue weighted by Crippen LogP contribution is -2.55. The van der Waals surface area contributed by atoms with Crippen molar-refractivity contribution in [2.75, 3.05) is 61.0 Å². The number of piperazine rings is 1. The molecule has 1 aliphatic rings. The Labute approximate surface area is 175 Å². The summed E-state index contributed by atoms with van der Waals surface area (Å²) in [5, 5.41) is 6.86. The summed E-state index contributed by atoms with van der Waals surface area (Å²) in [7, 11) is 7.92. The summed E-state index contributed by atoms with van der Waals surface area (Å²) < 4.78 is 5.39. The van der Waals surface area contributed by atoms with E-state index in [0.717, 1.165) is 50.9 Å². The normalized spacial score (nSPS) is 19.0. The van der Waals surface area contributed by atoms with Crippen LogP contribution in [0.4, 0.5) is 0 Å². The molecule has 26 heavy (non-hydrogen) atoms. The average Bonchev–Trinajstić information content (AvgIpc) is 2.61. The van der Waals surface area contributed by atoms with Crippen LogP contribution in [0.3, 0.4) is 0 Å². The van der Waals surface area contributed by atoms with Crippen molar-refractivity contribution in [3.63, 3.8) is 0 Å². The number of nitrogens with zero attached hydrogens (tertiary/aromatic N) is 3. The average molecular weight is 475 g/mol. The van der Waals surface area contributed by atoms with Crippen LogP contribution < -0.4 is 15.4 Å². The molecule has 1 fully saturated rings. The fourth-order valence-electron chi connectivity index (χ4n) is 3.10. The summed E-state index contributed by atoms with van der Waals surface area (Å²) >= 11 is 0. The van der Waals surface area contributed by atoms with Gasteiger partial charge in [-0.2, -0.15) is 0 Å². The Bertz CT molecular complexity index is 581. The van der Waals surface area contributed by atoms with Crippen molar-refractivity contribution in [1.82, 2.24) is 20.4 Å². The molecule has 0 bridgehead atoms. The van der Waals surface area contributed by atoms with E-state index in [1.807, 2.05) is 7.05 Å². The lowest BCUT2D eigenvalue weighted by Gasteiger charge is -2.37. The topological polar surface area (TPSA) is 52.1 Å². The number of hydrogen-bond acceptors (Lipinski definition) is 4. The second-order valence-electron chi connectivity index (χ2n) is 6.83. The molecule has 2 N–H and O–H groups in total. The molecule has 0 radical (unpaired) electrons. The summed E-state index contributed by atoms with van der Waals surface area (Å²) in [4.78, 5) is 9.13. The number of benzene rings is 1. The first kappa shape index (κ1) is 23.0. The standard InChI is InChI=1S/C19H33N5O.HI/c1-15-6-7-16(12-18(15)25-5)8-9-21-19(20-2)22-13-17-14-23(3)10-11-24(17)4;/h6-7,12,17H,8-11,13-14H2,1-5H3,(H2,20,21,22);1H. The molecule has 6 nitrogen and oxygen atoms in total. The highest BCUT2D eigenvalue weighted by molar-refractivity contribution is 14.0. The quantitative estimate of drug-likeness (QED) is 0.372. The van der Waals surface area contributed by atoms with Crippen LogP contribution in [0.15, 0.2) is 23.2 Å². The zero-order valence-corrected chi connectivity index (χ0v) is 19.0. The molecule has 0 aliphatic carbocycles. The number of guanidine groups is 1. The number of hydrogen-bond donors (Lipinski definition) is 2. The highest BCUT2D eigenvalue weighted by Crippen LogP contribution is 2.18. The van der Waals surface area contributed by atoms with E-state index in [4.69, 9.17) is 4.74 Å². The minimum atomic E-state index is 0. The zero-order valence-electron chi connectivity index (χ0n) is 16.7. The van der Waals surface area contributed by atoms with Crippen molar-refractivity contribution < 1.29 is 4.74 Å². The Balaban J connectivity index is 0.00000338. The van der Waals surface area contributed by atoms with Crippen molar-refractivity contribution in [1.29, 1.82) is 0 Å². The summed E-state index contributed by atoms with van der Waals surface area (Å²) in [6, 6.07) is 6.89. The fraction of sp³-hybridized carbons (Fsp3) is 0.632. The van der Waals surface area contributed by atoms with Crippen molar-refractivity contribution >= 4 is 29.9 Å². The number of likely N-dealkylation sites (N-methyl/N-ethyl adjacent to an activating group) is 2. The predicted octanol–water partition coefficient (Wildman–Crippen LogP) is 1.57. The number of methoxy groups -OCH3 is 1. The van der Waals surface area contributed by atoms with Gasteiger partial charge in [0.05, 0.1) is 7.11 Å². The molecule has 0 aromatic heterocycles. The van der Waals surface area contributed by atoms with Crippen LogP contribution in [0.1, 0.15) is 11.1 Å². The smallest absolute Gasteiger partial charge is 0.191 e. The lowest BCUT2D eigenvalue weighted by atomic mass is 10.1. The number of aryl methyl sites for hydroxylation is 1. The van der Waals surface area contributed by atoms with Crippen molar-refractivity contribution in [2.24, 2.45) is 4.99 Å². The third kappa shape index (κ3) is 6.92. The van der Waals surface area contributed by atoms with Gasteiger partial charge in [-0.05, 0) is 44.6 Å². The molecule has 1 aromatic rings. The molecular weight excluding hydrogens is 441 g/mol. The van der Waals surface area contributed by atoms with Crippen LogP contribution in [0.25, 0.3) is 0 Å². The van der Waals surface area contributed by atoms with Gasteiger partial charge >= 0.3 is 0 Å². The summed E-state index contributed by atoms with van der Waals surface area (Å²) in [5.41, 5.74) is 2.43. The Morgan fingerprint density at radius 1 is 1.27 bits per heavy atom. The molecule has 148 valence electrons. The number of ether oxygens (including phenoxy) is 1. The van der Waals surface area contributed by atoms with Gasteiger partial charge in [0.15, 0.2) is 5.96 Å². The van der Waals surface area contributed by atoms with Gasteiger partial charge < -0.3 is 20.3 Å². The van der Waals surface area contributed by atoms with Gasteiger partial charge in [0.2, 0.25) is 0 Å². The first-order valence-electron chi connectivity index (χ1n) is 9.00. The molecular formula is C19H34IN5O. The largest absolute Gasteiger partial charge is 0.496 e. The van der Waals surface area contributed by atoms with E-state index in [1.54, 1.807) is 7.11 Å². The maximum absolute atomic E-state index is 5.39. The molecule has 1 atom stereocenters. The Morgan fingerprint density at radius 2 is 2.04 bits per heavy atom. The molecule has 2 rings (SSSR count). The SMILES string of the molecule is CN=C(NCCc1ccc(C)c(OC)c1)NCC1CN(C)CCN1C.I. The van der Waals surface area contributed by atoms with Crippen LogP contribution in [0, 0.1) is 6.92 Å². The second kappa shape index (κ2) is 11.6. The van der Waals surface area contributed by atoms with Gasteiger partial charge in [-0.15, -0.1) is 24.0 Å². The molecule has 7 heteroatoms. The molecule has 0 amide bonds. The van der Waals surface area contributed by atoms with E-state index in [1.165, 1.54) is 11.1 Å². The third-order valence-electron chi connectivity index (χ3n) is 4.89. The summed E-state index contributed by atoms with van der Waals surface area (Å²) in [6.45, 7) is 7.14.